The number of benzene rings is 1. The van der Waals surface area contributed by atoms with Gasteiger partial charge in [0.15, 0.2) is 5.82 Å². The van der Waals surface area contributed by atoms with Crippen molar-refractivity contribution in [2.45, 2.75) is 37.4 Å². The summed E-state index contributed by atoms with van der Waals surface area (Å²) >= 11 is 0. The Hall–Kier alpha value is -1.77. The molecule has 1 N–H and O–H groups in total. The molecule has 2 heterocycles. The van der Waals surface area contributed by atoms with Crippen LogP contribution in [0.5, 0.6) is 0 Å². The van der Waals surface area contributed by atoms with Crippen LogP contribution in [0.2, 0.25) is 0 Å². The fraction of sp³-hybridized carbons (Fsp3) is 0.579. The van der Waals surface area contributed by atoms with Crippen molar-refractivity contribution >= 4 is 10.0 Å². The van der Waals surface area contributed by atoms with Crippen LogP contribution in [-0.2, 0) is 20.5 Å². The van der Waals surface area contributed by atoms with Crippen molar-refractivity contribution in [2.75, 3.05) is 26.8 Å². The molecule has 7 nitrogen and oxygen atoms in total. The van der Waals surface area contributed by atoms with E-state index in [9.17, 15) is 8.42 Å². The Labute approximate surface area is 160 Å². The maximum Gasteiger partial charge on any atom is 0.218 e. The molecule has 0 bridgehead atoms. The molecular weight excluding hydrogens is 364 g/mol. The van der Waals surface area contributed by atoms with Crippen LogP contribution in [-0.4, -0.2) is 54.7 Å². The summed E-state index contributed by atoms with van der Waals surface area (Å²) in [6.07, 6.45) is 2.28. The lowest BCUT2D eigenvalue weighted by molar-refractivity contribution is 0.150. The van der Waals surface area contributed by atoms with Gasteiger partial charge in [0.1, 0.15) is 5.82 Å². The molecule has 2 fully saturated rings. The van der Waals surface area contributed by atoms with Crippen LogP contribution in [0.25, 0.3) is 0 Å². The molecule has 146 valence electrons. The average molecular weight is 391 g/mol. The lowest BCUT2D eigenvalue weighted by Gasteiger charge is -2.16. The minimum absolute atomic E-state index is 0.0160. The molecule has 0 unspecified atom stereocenters. The first-order chi connectivity index (χ1) is 13.0. The molecule has 1 aromatic carbocycles. The third-order valence-corrected chi connectivity index (χ3v) is 7.25. The van der Waals surface area contributed by atoms with Crippen molar-refractivity contribution in [1.29, 1.82) is 0 Å². The van der Waals surface area contributed by atoms with Crippen molar-refractivity contribution in [3.8, 4) is 0 Å². The Morgan fingerprint density at radius 2 is 1.96 bits per heavy atom. The van der Waals surface area contributed by atoms with Crippen molar-refractivity contribution in [3.63, 3.8) is 0 Å². The minimum atomic E-state index is -3.40. The van der Waals surface area contributed by atoms with Crippen molar-refractivity contribution in [1.82, 2.24) is 19.5 Å². The minimum Gasteiger partial charge on any atom is -0.384 e. The van der Waals surface area contributed by atoms with Gasteiger partial charge in [-0.2, -0.15) is 5.10 Å². The van der Waals surface area contributed by atoms with Crippen molar-refractivity contribution < 1.29 is 13.2 Å². The van der Waals surface area contributed by atoms with Gasteiger partial charge in [0.05, 0.1) is 12.4 Å². The number of aromatic nitrogens is 3. The molecule has 0 spiro atoms. The average Bonchev–Trinajstić information content (AvgIpc) is 3.20. The maximum atomic E-state index is 13.0. The number of nitrogens with zero attached hydrogens (tertiary/aromatic N) is 3. The third kappa shape index (κ3) is 4.07. The third-order valence-electron chi connectivity index (χ3n) is 5.47. The van der Waals surface area contributed by atoms with Gasteiger partial charge in [0.2, 0.25) is 10.0 Å². The van der Waals surface area contributed by atoms with E-state index in [1.807, 2.05) is 31.2 Å². The Balaban J connectivity index is 1.51. The molecule has 1 saturated heterocycles. The molecule has 2 atom stereocenters. The fourth-order valence-electron chi connectivity index (χ4n) is 3.72. The second kappa shape index (κ2) is 7.33. The normalized spacial score (nSPS) is 23.8. The van der Waals surface area contributed by atoms with E-state index in [0.717, 1.165) is 35.6 Å². The zero-order valence-electron chi connectivity index (χ0n) is 15.8. The zero-order chi connectivity index (χ0) is 19.0. The van der Waals surface area contributed by atoms with E-state index >= 15 is 0 Å². The summed E-state index contributed by atoms with van der Waals surface area (Å²) in [5.41, 5.74) is 1.93. The Kier molecular flexibility index (Phi) is 5.05. The molecule has 1 aliphatic heterocycles. The highest BCUT2D eigenvalue weighted by atomic mass is 32.2. The predicted molar refractivity (Wildman–Crippen MR) is 102 cm³/mol. The van der Waals surface area contributed by atoms with Crippen LogP contribution >= 0.6 is 0 Å². The van der Waals surface area contributed by atoms with E-state index in [1.165, 1.54) is 0 Å². The molecule has 1 aliphatic carbocycles. The number of H-pyrrole nitrogens is 1. The van der Waals surface area contributed by atoms with Gasteiger partial charge in [0.25, 0.3) is 0 Å². The largest absolute Gasteiger partial charge is 0.384 e. The number of aromatic amines is 1. The van der Waals surface area contributed by atoms with Gasteiger partial charge in [-0.05, 0) is 25.3 Å². The Morgan fingerprint density at radius 3 is 2.63 bits per heavy atom. The second-order valence-electron chi connectivity index (χ2n) is 7.73. The molecule has 8 heteroatoms. The Bertz CT molecular complexity index is 890. The summed E-state index contributed by atoms with van der Waals surface area (Å²) in [6, 6.07) is 7.65. The first-order valence-corrected chi connectivity index (χ1v) is 11.0. The summed E-state index contributed by atoms with van der Waals surface area (Å²) in [7, 11) is -1.75. The summed E-state index contributed by atoms with van der Waals surface area (Å²) < 4.78 is 32.9. The van der Waals surface area contributed by atoms with Crippen LogP contribution in [0.4, 0.5) is 0 Å². The molecule has 27 heavy (non-hydrogen) atoms. The van der Waals surface area contributed by atoms with Crippen LogP contribution in [0, 0.1) is 12.8 Å². The monoisotopic (exact) mass is 390 g/mol. The molecule has 2 aliphatic rings. The maximum absolute atomic E-state index is 13.0. The number of methoxy groups -OCH3 is 1. The number of nitrogens with one attached hydrogen (secondary N) is 1. The topological polar surface area (TPSA) is 88.2 Å². The first kappa shape index (κ1) is 18.6. The summed E-state index contributed by atoms with van der Waals surface area (Å²) in [5, 5.41) is 7.38. The van der Waals surface area contributed by atoms with Gasteiger partial charge in [0, 0.05) is 38.0 Å². The lowest BCUT2D eigenvalue weighted by Crippen LogP contribution is -2.30. The highest BCUT2D eigenvalue weighted by Gasteiger charge is 2.41. The van der Waals surface area contributed by atoms with E-state index in [1.54, 1.807) is 11.4 Å². The molecular formula is C19H26N4O3S. The number of aryl methyl sites for hydroxylation is 1. The highest BCUT2D eigenvalue weighted by Crippen LogP contribution is 2.39. The quantitative estimate of drug-likeness (QED) is 0.783. The SMILES string of the molecule is COC[C@@H]1CN(S(=O)(=O)Cc2ccc(C)cc2)C[C@H]1c1nc(C2CC2)n[nH]1. The smallest absolute Gasteiger partial charge is 0.218 e. The van der Waals surface area contributed by atoms with Gasteiger partial charge in [-0.25, -0.2) is 17.7 Å². The molecule has 0 amide bonds. The van der Waals surface area contributed by atoms with Crippen LogP contribution in [0.15, 0.2) is 24.3 Å². The molecule has 2 aromatic rings. The number of rotatable bonds is 7. The predicted octanol–water partition coefficient (Wildman–Crippen LogP) is 2.18. The van der Waals surface area contributed by atoms with Crippen molar-refractivity contribution in [3.05, 3.63) is 47.0 Å². The van der Waals surface area contributed by atoms with Gasteiger partial charge >= 0.3 is 0 Å². The van der Waals surface area contributed by atoms with Gasteiger partial charge in [-0.3, -0.25) is 5.10 Å². The van der Waals surface area contributed by atoms with Gasteiger partial charge in [-0.15, -0.1) is 0 Å². The summed E-state index contributed by atoms with van der Waals surface area (Å²) in [5.74, 6) is 2.19. The molecule has 1 saturated carbocycles. The number of sulfonamides is 1. The van der Waals surface area contributed by atoms with Crippen LogP contribution < -0.4 is 0 Å². The van der Waals surface area contributed by atoms with Crippen LogP contribution in [0.1, 0.15) is 47.5 Å². The molecule has 0 radical (unpaired) electrons. The van der Waals surface area contributed by atoms with Crippen LogP contribution in [0.3, 0.4) is 0 Å². The van der Waals surface area contributed by atoms with Gasteiger partial charge in [-0.1, -0.05) is 29.8 Å². The van der Waals surface area contributed by atoms with E-state index in [4.69, 9.17) is 4.74 Å². The molecule has 1 aromatic heterocycles. The zero-order valence-corrected chi connectivity index (χ0v) is 16.6. The van der Waals surface area contributed by atoms with E-state index < -0.39 is 10.0 Å². The number of hydrogen-bond acceptors (Lipinski definition) is 5. The summed E-state index contributed by atoms with van der Waals surface area (Å²) in [6.45, 7) is 3.36. The molecule has 4 rings (SSSR count). The fourth-order valence-corrected chi connectivity index (χ4v) is 5.32. The Morgan fingerprint density at radius 1 is 1.22 bits per heavy atom. The van der Waals surface area contributed by atoms with E-state index in [-0.39, 0.29) is 17.6 Å². The second-order valence-corrected chi connectivity index (χ2v) is 9.70. The van der Waals surface area contributed by atoms with Crippen molar-refractivity contribution in [2.24, 2.45) is 5.92 Å². The van der Waals surface area contributed by atoms with E-state index in [2.05, 4.69) is 15.2 Å². The lowest BCUT2D eigenvalue weighted by atomic mass is 9.96. The first-order valence-electron chi connectivity index (χ1n) is 9.41. The number of ether oxygens (including phenoxy) is 1. The van der Waals surface area contributed by atoms with Gasteiger partial charge < -0.3 is 4.74 Å². The number of hydrogen-bond donors (Lipinski definition) is 1. The summed E-state index contributed by atoms with van der Waals surface area (Å²) in [4.78, 5) is 4.65. The standard InChI is InChI=1S/C19H26N4O3S/c1-13-3-5-14(6-4-13)12-27(24,25)23-9-16(11-26-2)17(10-23)19-20-18(21-22-19)15-7-8-15/h3-6,15-17H,7-12H2,1-2H3,(H,20,21,22)/t16-,17+/m0/s1. The van der Waals surface area contributed by atoms with E-state index in [0.29, 0.717) is 25.6 Å². The highest BCUT2D eigenvalue weighted by molar-refractivity contribution is 7.88.